The highest BCUT2D eigenvalue weighted by atomic mass is 35.5. The van der Waals surface area contributed by atoms with E-state index in [1.54, 1.807) is 66.4 Å². The number of nitrogens with one attached hydrogen (secondary N) is 1. The van der Waals surface area contributed by atoms with Crippen molar-refractivity contribution in [3.63, 3.8) is 0 Å². The van der Waals surface area contributed by atoms with E-state index in [-0.39, 0.29) is 11.8 Å². The molecule has 31 heavy (non-hydrogen) atoms. The molecule has 2 amide bonds. The first-order valence-corrected chi connectivity index (χ1v) is 10.1. The first-order chi connectivity index (χ1) is 15.0. The molecule has 7 heteroatoms. The number of hydrogen-bond donors (Lipinski definition) is 1. The summed E-state index contributed by atoms with van der Waals surface area (Å²) in [6.07, 6.45) is -0.603. The van der Waals surface area contributed by atoms with E-state index in [0.717, 1.165) is 5.56 Å². The van der Waals surface area contributed by atoms with Crippen molar-refractivity contribution < 1.29 is 19.1 Å². The maximum atomic E-state index is 12.9. The van der Waals surface area contributed by atoms with Crippen molar-refractivity contribution in [1.82, 2.24) is 0 Å². The van der Waals surface area contributed by atoms with Crippen LogP contribution in [0.4, 0.5) is 11.4 Å². The highest BCUT2D eigenvalue weighted by molar-refractivity contribution is 6.30. The molecule has 4 rings (SSSR count). The third-order valence-electron chi connectivity index (χ3n) is 5.03. The van der Waals surface area contributed by atoms with Crippen molar-refractivity contribution in [1.29, 1.82) is 0 Å². The molecular weight excluding hydrogens is 416 g/mol. The van der Waals surface area contributed by atoms with Gasteiger partial charge in [-0.3, -0.25) is 9.59 Å². The zero-order chi connectivity index (χ0) is 22.0. The van der Waals surface area contributed by atoms with Gasteiger partial charge in [-0.05, 0) is 55.0 Å². The van der Waals surface area contributed by atoms with Crippen LogP contribution in [0.2, 0.25) is 5.02 Å². The largest absolute Gasteiger partial charge is 0.496 e. The van der Waals surface area contributed by atoms with Crippen molar-refractivity contribution in [2.24, 2.45) is 0 Å². The molecule has 1 unspecified atom stereocenters. The van der Waals surface area contributed by atoms with Gasteiger partial charge in [0.15, 0.2) is 6.10 Å². The van der Waals surface area contributed by atoms with Crippen LogP contribution in [0.5, 0.6) is 11.5 Å². The molecule has 0 spiro atoms. The fourth-order valence-corrected chi connectivity index (χ4v) is 3.58. The number of benzene rings is 3. The molecule has 3 aromatic carbocycles. The number of ether oxygens (including phenoxy) is 2. The van der Waals surface area contributed by atoms with Gasteiger partial charge in [-0.15, -0.1) is 0 Å². The van der Waals surface area contributed by atoms with Gasteiger partial charge < -0.3 is 19.7 Å². The fourth-order valence-electron chi connectivity index (χ4n) is 3.45. The second kappa shape index (κ2) is 8.70. The Morgan fingerprint density at radius 1 is 1.13 bits per heavy atom. The van der Waals surface area contributed by atoms with Crippen LogP contribution in [0.1, 0.15) is 22.8 Å². The highest BCUT2D eigenvalue weighted by Crippen LogP contribution is 2.37. The van der Waals surface area contributed by atoms with Crippen LogP contribution >= 0.6 is 11.6 Å². The van der Waals surface area contributed by atoms with Gasteiger partial charge in [-0.2, -0.15) is 0 Å². The minimum absolute atomic E-state index is 0.157. The number of nitrogens with zero attached hydrogens (tertiary/aromatic N) is 1. The molecule has 1 N–H and O–H groups in total. The molecule has 0 radical (unpaired) electrons. The number of anilines is 2. The average molecular weight is 437 g/mol. The molecule has 1 heterocycles. The highest BCUT2D eigenvalue weighted by Gasteiger charge is 2.32. The maximum absolute atomic E-state index is 12.9. The van der Waals surface area contributed by atoms with E-state index in [2.05, 4.69) is 5.32 Å². The number of halogens is 1. The normalized spacial score (nSPS) is 15.1. The lowest BCUT2D eigenvalue weighted by molar-refractivity contribution is -0.125. The Balaban J connectivity index is 1.63. The molecular formula is C24H21ClN2O4. The van der Waals surface area contributed by atoms with Gasteiger partial charge in [0.1, 0.15) is 11.5 Å². The van der Waals surface area contributed by atoms with E-state index in [1.807, 2.05) is 12.1 Å². The first kappa shape index (κ1) is 20.8. The summed E-state index contributed by atoms with van der Waals surface area (Å²) in [7, 11) is 1.52. The van der Waals surface area contributed by atoms with Crippen LogP contribution in [0.3, 0.4) is 0 Å². The van der Waals surface area contributed by atoms with E-state index in [1.165, 1.54) is 7.11 Å². The Morgan fingerprint density at radius 3 is 2.61 bits per heavy atom. The smallest absolute Gasteiger partial charge is 0.268 e. The quantitative estimate of drug-likeness (QED) is 0.616. The van der Waals surface area contributed by atoms with Crippen molar-refractivity contribution >= 4 is 34.8 Å². The number of amides is 2. The molecule has 1 aliphatic heterocycles. The maximum Gasteiger partial charge on any atom is 0.268 e. The predicted octanol–water partition coefficient (Wildman–Crippen LogP) is 4.92. The molecule has 0 fully saturated rings. The number of para-hydroxylation sites is 1. The Morgan fingerprint density at radius 2 is 1.87 bits per heavy atom. The lowest BCUT2D eigenvalue weighted by Gasteiger charge is -2.33. The molecule has 0 saturated heterocycles. The summed E-state index contributed by atoms with van der Waals surface area (Å²) >= 11 is 5.98. The van der Waals surface area contributed by atoms with Crippen LogP contribution in [0.15, 0.2) is 66.7 Å². The number of methoxy groups -OCH3 is 1. The first-order valence-electron chi connectivity index (χ1n) is 9.77. The topological polar surface area (TPSA) is 67.9 Å². The number of rotatable bonds is 5. The van der Waals surface area contributed by atoms with Crippen molar-refractivity contribution in [2.45, 2.75) is 19.6 Å². The summed E-state index contributed by atoms with van der Waals surface area (Å²) < 4.78 is 11.0. The molecule has 1 atom stereocenters. The number of carbonyl (C=O) groups excluding carboxylic acids is 2. The summed E-state index contributed by atoms with van der Waals surface area (Å²) in [4.78, 5) is 27.3. The number of hydrogen-bond acceptors (Lipinski definition) is 4. The fraction of sp³-hybridized carbons (Fsp3) is 0.167. The van der Waals surface area contributed by atoms with Crippen LogP contribution in [-0.4, -0.2) is 25.0 Å². The minimum atomic E-state index is -0.603. The number of fused-ring (bicyclic) bond motifs is 1. The molecule has 0 aliphatic carbocycles. The van der Waals surface area contributed by atoms with E-state index >= 15 is 0 Å². The van der Waals surface area contributed by atoms with Crippen molar-refractivity contribution in [3.05, 3.63) is 82.9 Å². The van der Waals surface area contributed by atoms with Gasteiger partial charge in [-0.25, -0.2) is 0 Å². The Kier molecular flexibility index (Phi) is 5.82. The zero-order valence-corrected chi connectivity index (χ0v) is 17.8. The molecule has 0 bridgehead atoms. The summed E-state index contributed by atoms with van der Waals surface area (Å²) in [5, 5.41) is 3.50. The lowest BCUT2D eigenvalue weighted by Crippen LogP contribution is -2.44. The second-order valence-corrected chi connectivity index (χ2v) is 7.58. The van der Waals surface area contributed by atoms with Gasteiger partial charge >= 0.3 is 0 Å². The molecule has 6 nitrogen and oxygen atoms in total. The SMILES string of the molecule is COc1ccccc1C(=O)Nc1ccc2c(c1)N(Cc1ccc(Cl)cc1)C(=O)C(C)O2. The van der Waals surface area contributed by atoms with Gasteiger partial charge in [0, 0.05) is 10.7 Å². The van der Waals surface area contributed by atoms with Gasteiger partial charge in [0.05, 0.1) is 24.9 Å². The van der Waals surface area contributed by atoms with Crippen LogP contribution in [0.25, 0.3) is 0 Å². The van der Waals surface area contributed by atoms with Crippen molar-refractivity contribution in [2.75, 3.05) is 17.3 Å². The zero-order valence-electron chi connectivity index (χ0n) is 17.1. The third-order valence-corrected chi connectivity index (χ3v) is 5.28. The standard InChI is InChI=1S/C24H21ClN2O4/c1-15-24(29)27(14-16-7-9-17(25)10-8-16)20-13-18(11-12-22(20)31-15)26-23(28)19-5-3-4-6-21(19)30-2/h3-13,15H,14H2,1-2H3,(H,26,28). The molecule has 3 aromatic rings. The summed E-state index contributed by atoms with van der Waals surface area (Å²) in [5.74, 6) is 0.597. The lowest BCUT2D eigenvalue weighted by atomic mass is 10.1. The molecule has 0 saturated carbocycles. The third kappa shape index (κ3) is 4.34. The van der Waals surface area contributed by atoms with Gasteiger partial charge in [0.25, 0.3) is 11.8 Å². The molecule has 0 aromatic heterocycles. The van der Waals surface area contributed by atoms with Crippen LogP contribution in [-0.2, 0) is 11.3 Å². The molecule has 1 aliphatic rings. The molecule has 158 valence electrons. The minimum Gasteiger partial charge on any atom is -0.496 e. The second-order valence-electron chi connectivity index (χ2n) is 7.15. The van der Waals surface area contributed by atoms with Gasteiger partial charge in [0.2, 0.25) is 0 Å². The number of carbonyl (C=O) groups is 2. The van der Waals surface area contributed by atoms with Gasteiger partial charge in [-0.1, -0.05) is 35.9 Å². The Bertz CT molecular complexity index is 1130. The summed E-state index contributed by atoms with van der Waals surface area (Å²) in [6, 6.07) is 19.6. The van der Waals surface area contributed by atoms with Crippen LogP contribution < -0.4 is 19.7 Å². The Hall–Kier alpha value is -3.51. The monoisotopic (exact) mass is 436 g/mol. The summed E-state index contributed by atoms with van der Waals surface area (Å²) in [6.45, 7) is 2.08. The van der Waals surface area contributed by atoms with Crippen LogP contribution in [0, 0.1) is 0 Å². The average Bonchev–Trinajstić information content (AvgIpc) is 2.78. The van der Waals surface area contributed by atoms with E-state index in [0.29, 0.717) is 40.0 Å². The Labute approximate surface area is 185 Å². The van der Waals surface area contributed by atoms with Crippen molar-refractivity contribution in [3.8, 4) is 11.5 Å². The van der Waals surface area contributed by atoms with E-state index < -0.39 is 6.10 Å². The van der Waals surface area contributed by atoms with E-state index in [4.69, 9.17) is 21.1 Å². The summed E-state index contributed by atoms with van der Waals surface area (Å²) in [5.41, 5.74) is 2.49. The van der Waals surface area contributed by atoms with E-state index in [9.17, 15) is 9.59 Å². The predicted molar refractivity (Wildman–Crippen MR) is 120 cm³/mol.